The highest BCUT2D eigenvalue weighted by Crippen LogP contribution is 2.39. The quantitative estimate of drug-likeness (QED) is 0.764. The van der Waals surface area contributed by atoms with Crippen molar-refractivity contribution in [1.29, 1.82) is 0 Å². The lowest BCUT2D eigenvalue weighted by molar-refractivity contribution is 0.102. The van der Waals surface area contributed by atoms with Crippen molar-refractivity contribution in [2.75, 3.05) is 5.32 Å². The van der Waals surface area contributed by atoms with Crippen LogP contribution in [0.5, 0.6) is 0 Å². The fourth-order valence-electron chi connectivity index (χ4n) is 2.23. The summed E-state index contributed by atoms with van der Waals surface area (Å²) in [5.41, 5.74) is 1.50. The van der Waals surface area contributed by atoms with Gasteiger partial charge in [-0.3, -0.25) is 10.1 Å². The summed E-state index contributed by atoms with van der Waals surface area (Å²) >= 11 is 0. The average Bonchev–Trinajstić information content (AvgIpc) is 3.00. The van der Waals surface area contributed by atoms with Crippen molar-refractivity contribution in [3.05, 3.63) is 41.9 Å². The van der Waals surface area contributed by atoms with Gasteiger partial charge >= 0.3 is 6.01 Å². The van der Waals surface area contributed by atoms with E-state index in [1.807, 2.05) is 18.2 Å². The number of aromatic nitrogens is 3. The molecule has 0 aliphatic heterocycles. The third-order valence-corrected chi connectivity index (χ3v) is 3.43. The molecule has 6 heteroatoms. The Kier molecular flexibility index (Phi) is 2.35. The molecule has 4 rings (SSSR count). The van der Waals surface area contributed by atoms with Gasteiger partial charge in [-0.25, -0.2) is 0 Å². The predicted octanol–water partition coefficient (Wildman–Crippen LogP) is 2.68. The molecular formula is C14H12N4O2. The molecule has 1 aliphatic rings. The third kappa shape index (κ3) is 1.85. The van der Waals surface area contributed by atoms with Gasteiger partial charge in [0, 0.05) is 28.6 Å². The van der Waals surface area contributed by atoms with Crippen LogP contribution in [-0.2, 0) is 0 Å². The summed E-state index contributed by atoms with van der Waals surface area (Å²) in [6.45, 7) is 0. The molecule has 1 aliphatic carbocycles. The number of hydrogen-bond acceptors (Lipinski definition) is 4. The van der Waals surface area contributed by atoms with Gasteiger partial charge in [-0.1, -0.05) is 11.2 Å². The zero-order valence-electron chi connectivity index (χ0n) is 10.6. The molecule has 1 fully saturated rings. The van der Waals surface area contributed by atoms with Crippen molar-refractivity contribution in [3.8, 4) is 0 Å². The summed E-state index contributed by atoms with van der Waals surface area (Å²) in [6.07, 6.45) is 3.97. The Hall–Kier alpha value is -2.63. The van der Waals surface area contributed by atoms with Crippen LogP contribution in [0.4, 0.5) is 6.01 Å². The van der Waals surface area contributed by atoms with Crippen molar-refractivity contribution in [1.82, 2.24) is 15.2 Å². The molecule has 20 heavy (non-hydrogen) atoms. The topological polar surface area (TPSA) is 83.8 Å². The third-order valence-electron chi connectivity index (χ3n) is 3.43. The second-order valence-corrected chi connectivity index (χ2v) is 4.92. The van der Waals surface area contributed by atoms with E-state index in [9.17, 15) is 4.79 Å². The van der Waals surface area contributed by atoms with E-state index in [0.717, 1.165) is 23.7 Å². The van der Waals surface area contributed by atoms with Gasteiger partial charge in [-0.2, -0.15) is 0 Å². The van der Waals surface area contributed by atoms with E-state index >= 15 is 0 Å². The van der Waals surface area contributed by atoms with Crippen LogP contribution in [-0.4, -0.2) is 21.1 Å². The Morgan fingerprint density at radius 3 is 3.05 bits per heavy atom. The van der Waals surface area contributed by atoms with E-state index in [4.69, 9.17) is 4.42 Å². The molecule has 2 aromatic heterocycles. The lowest BCUT2D eigenvalue weighted by Gasteiger charge is -2.02. The molecule has 1 saturated carbocycles. The Balaban J connectivity index is 1.61. The van der Waals surface area contributed by atoms with Gasteiger partial charge in [0.25, 0.3) is 5.91 Å². The summed E-state index contributed by atoms with van der Waals surface area (Å²) in [6, 6.07) is 7.54. The highest BCUT2D eigenvalue weighted by Gasteiger charge is 2.29. The molecule has 0 radical (unpaired) electrons. The molecule has 0 atom stereocenters. The van der Waals surface area contributed by atoms with Gasteiger partial charge in [-0.15, -0.1) is 5.10 Å². The molecule has 2 heterocycles. The zero-order chi connectivity index (χ0) is 13.5. The SMILES string of the molecule is O=C(Nc1nnc(C2CC2)o1)c1cccc2[nH]ccc12. The number of hydrogen-bond donors (Lipinski definition) is 2. The second kappa shape index (κ2) is 4.19. The number of benzene rings is 1. The van der Waals surface area contributed by atoms with Gasteiger partial charge in [0.15, 0.2) is 0 Å². The van der Waals surface area contributed by atoms with Gasteiger partial charge in [0.1, 0.15) is 0 Å². The maximum Gasteiger partial charge on any atom is 0.322 e. The number of carbonyl (C=O) groups excluding carboxylic acids is 1. The Morgan fingerprint density at radius 2 is 2.20 bits per heavy atom. The van der Waals surface area contributed by atoms with Crippen LogP contribution in [0.3, 0.4) is 0 Å². The Bertz CT molecular complexity index is 785. The minimum absolute atomic E-state index is 0.157. The van der Waals surface area contributed by atoms with Gasteiger partial charge in [-0.05, 0) is 31.0 Å². The van der Waals surface area contributed by atoms with Crippen molar-refractivity contribution in [2.24, 2.45) is 0 Å². The van der Waals surface area contributed by atoms with E-state index in [0.29, 0.717) is 17.4 Å². The van der Waals surface area contributed by atoms with Crippen molar-refractivity contribution < 1.29 is 9.21 Å². The highest BCUT2D eigenvalue weighted by atomic mass is 16.4. The smallest absolute Gasteiger partial charge is 0.322 e. The van der Waals surface area contributed by atoms with Crippen molar-refractivity contribution >= 4 is 22.8 Å². The summed E-state index contributed by atoms with van der Waals surface area (Å²) in [5.74, 6) is 0.739. The average molecular weight is 268 g/mol. The van der Waals surface area contributed by atoms with E-state index in [1.54, 1.807) is 12.3 Å². The fraction of sp³-hybridized carbons (Fsp3) is 0.214. The number of nitrogens with zero attached hydrogens (tertiary/aromatic N) is 2. The summed E-state index contributed by atoms with van der Waals surface area (Å²) in [4.78, 5) is 15.3. The molecular weight excluding hydrogens is 256 g/mol. The van der Waals surface area contributed by atoms with Gasteiger partial charge < -0.3 is 9.40 Å². The van der Waals surface area contributed by atoms with Crippen molar-refractivity contribution in [3.63, 3.8) is 0 Å². The first-order chi connectivity index (χ1) is 9.81. The standard InChI is InChI=1S/C14H12N4O2/c19-12(10-2-1-3-11-9(10)6-7-15-11)16-14-18-17-13(20-14)8-4-5-8/h1-3,6-8,15H,4-5H2,(H,16,18,19). The van der Waals surface area contributed by atoms with Crippen LogP contribution in [0.25, 0.3) is 10.9 Å². The fourth-order valence-corrected chi connectivity index (χ4v) is 2.23. The van der Waals surface area contributed by atoms with Crippen LogP contribution in [0, 0.1) is 0 Å². The molecule has 6 nitrogen and oxygen atoms in total. The molecule has 3 aromatic rings. The lowest BCUT2D eigenvalue weighted by Crippen LogP contribution is -2.12. The Morgan fingerprint density at radius 1 is 1.30 bits per heavy atom. The normalized spacial score (nSPS) is 14.6. The monoisotopic (exact) mass is 268 g/mol. The first kappa shape index (κ1) is 11.2. The molecule has 2 N–H and O–H groups in total. The van der Waals surface area contributed by atoms with Crippen molar-refractivity contribution in [2.45, 2.75) is 18.8 Å². The first-order valence-electron chi connectivity index (χ1n) is 6.52. The Labute approximate surface area is 114 Å². The summed E-state index contributed by atoms with van der Waals surface area (Å²) < 4.78 is 5.43. The highest BCUT2D eigenvalue weighted by molar-refractivity contribution is 6.11. The molecule has 0 unspecified atom stereocenters. The maximum absolute atomic E-state index is 12.3. The summed E-state index contributed by atoms with van der Waals surface area (Å²) in [5, 5.41) is 11.3. The molecule has 1 aromatic carbocycles. The molecule has 0 saturated heterocycles. The summed E-state index contributed by atoms with van der Waals surface area (Å²) in [7, 11) is 0. The minimum Gasteiger partial charge on any atom is -0.408 e. The van der Waals surface area contributed by atoms with E-state index in [2.05, 4.69) is 20.5 Å². The van der Waals surface area contributed by atoms with Crippen LogP contribution < -0.4 is 5.32 Å². The van der Waals surface area contributed by atoms with Crippen LogP contribution in [0.15, 0.2) is 34.9 Å². The minimum atomic E-state index is -0.249. The number of rotatable bonds is 3. The maximum atomic E-state index is 12.3. The number of H-pyrrole nitrogens is 1. The molecule has 100 valence electrons. The largest absolute Gasteiger partial charge is 0.408 e. The van der Waals surface area contributed by atoms with Gasteiger partial charge in [0.05, 0.1) is 0 Å². The lowest BCUT2D eigenvalue weighted by atomic mass is 10.1. The number of anilines is 1. The first-order valence-corrected chi connectivity index (χ1v) is 6.52. The van der Waals surface area contributed by atoms with Crippen LogP contribution >= 0.6 is 0 Å². The number of carbonyl (C=O) groups is 1. The predicted molar refractivity (Wildman–Crippen MR) is 72.5 cm³/mol. The second-order valence-electron chi connectivity index (χ2n) is 4.92. The van der Waals surface area contributed by atoms with E-state index < -0.39 is 0 Å². The number of aromatic amines is 1. The van der Waals surface area contributed by atoms with Gasteiger partial charge in [0.2, 0.25) is 5.89 Å². The van der Waals surface area contributed by atoms with Crippen LogP contribution in [0.2, 0.25) is 0 Å². The molecule has 1 amide bonds. The van der Waals surface area contributed by atoms with E-state index in [-0.39, 0.29) is 11.9 Å². The molecule has 0 spiro atoms. The number of amides is 1. The number of fused-ring (bicyclic) bond motifs is 1. The van der Waals surface area contributed by atoms with Crippen LogP contribution in [0.1, 0.15) is 35.0 Å². The number of nitrogens with one attached hydrogen (secondary N) is 2. The zero-order valence-corrected chi connectivity index (χ0v) is 10.6. The molecule has 0 bridgehead atoms. The van der Waals surface area contributed by atoms with E-state index in [1.165, 1.54) is 0 Å².